The third-order valence-electron chi connectivity index (χ3n) is 7.86. The van der Waals surface area contributed by atoms with Crippen molar-refractivity contribution in [1.82, 2.24) is 0 Å². The van der Waals surface area contributed by atoms with Crippen molar-refractivity contribution < 1.29 is 46.3 Å². The summed E-state index contributed by atoms with van der Waals surface area (Å²) >= 11 is 0. The van der Waals surface area contributed by atoms with Crippen LogP contribution in [-0.2, 0) is 30.7 Å². The summed E-state index contributed by atoms with van der Waals surface area (Å²) in [5.41, 5.74) is 11.3. The zero-order valence-corrected chi connectivity index (χ0v) is 29.9. The maximum absolute atomic E-state index is 10.3. The van der Waals surface area contributed by atoms with Crippen LogP contribution >= 0.6 is 0 Å². The van der Waals surface area contributed by atoms with Crippen molar-refractivity contribution in [3.8, 4) is 0 Å². The van der Waals surface area contributed by atoms with Crippen molar-refractivity contribution in [1.29, 1.82) is 0 Å². The number of rotatable bonds is 24. The van der Waals surface area contributed by atoms with E-state index in [0.717, 1.165) is 38.5 Å². The van der Waals surface area contributed by atoms with Crippen molar-refractivity contribution >= 4 is 11.9 Å². The van der Waals surface area contributed by atoms with Gasteiger partial charge >= 0.3 is 11.9 Å². The summed E-state index contributed by atoms with van der Waals surface area (Å²) in [6.07, 6.45) is 33.5. The van der Waals surface area contributed by atoms with Crippen LogP contribution in [0.15, 0.2) is 0 Å². The van der Waals surface area contributed by atoms with Gasteiger partial charge in [0.1, 0.15) is 0 Å². The van der Waals surface area contributed by atoms with Crippen LogP contribution in [0.5, 0.6) is 0 Å². The smallest absolute Gasteiger partial charge is 0.303 e. The maximum atomic E-state index is 10.3. The Labute approximate surface area is 274 Å². The first kappa shape index (κ1) is 48.4. The van der Waals surface area contributed by atoms with Gasteiger partial charge < -0.3 is 27.2 Å². The summed E-state index contributed by atoms with van der Waals surface area (Å²) in [4.78, 5) is 20.5. The monoisotopic (exact) mass is 784 g/mol. The first-order valence-corrected chi connectivity index (χ1v) is 17.3. The standard InChI is InChI=1S/2C14H28O2.C6H14N2.H2O.Pt/c2*1-2-3-4-5-6-7-8-9-10-11-12-13-14(15)16;7-5-3-1-2-4-6(5)8;;/h2*2-13H2,1H3,(H,15,16);5-6H,1-4,7-8H2;1H2;. The van der Waals surface area contributed by atoms with E-state index in [-0.39, 0.29) is 38.6 Å². The Morgan fingerprint density at radius 3 is 0.905 bits per heavy atom. The molecular formula is C34H72N2O5Pt. The molecule has 8 heteroatoms. The van der Waals surface area contributed by atoms with E-state index in [1.807, 2.05) is 0 Å². The average molecular weight is 784 g/mol. The van der Waals surface area contributed by atoms with Gasteiger partial charge in [0.2, 0.25) is 0 Å². The number of carboxylic acids is 2. The van der Waals surface area contributed by atoms with E-state index < -0.39 is 11.9 Å². The van der Waals surface area contributed by atoms with Gasteiger partial charge in [-0.05, 0) is 25.7 Å². The molecule has 258 valence electrons. The van der Waals surface area contributed by atoms with Crippen LogP contribution in [0.25, 0.3) is 0 Å². The Kier molecular flexibility index (Phi) is 46.7. The molecule has 7 nitrogen and oxygen atoms in total. The molecule has 0 spiro atoms. The van der Waals surface area contributed by atoms with Crippen molar-refractivity contribution in [3.63, 3.8) is 0 Å². The molecular weight excluding hydrogens is 711 g/mol. The third-order valence-corrected chi connectivity index (χ3v) is 7.86. The molecule has 0 saturated heterocycles. The number of nitrogens with two attached hydrogens (primary N) is 2. The summed E-state index contributed by atoms with van der Waals surface area (Å²) in [5.74, 6) is -1.31. The summed E-state index contributed by atoms with van der Waals surface area (Å²) < 4.78 is 0. The van der Waals surface area contributed by atoms with Crippen LogP contribution in [0.4, 0.5) is 0 Å². The van der Waals surface area contributed by atoms with Gasteiger partial charge in [-0.25, -0.2) is 0 Å². The molecule has 0 aromatic heterocycles. The van der Waals surface area contributed by atoms with Gasteiger partial charge in [0.05, 0.1) is 0 Å². The first-order chi connectivity index (χ1) is 19.3. The van der Waals surface area contributed by atoms with E-state index in [1.165, 1.54) is 128 Å². The van der Waals surface area contributed by atoms with E-state index in [2.05, 4.69) is 13.8 Å². The molecule has 42 heavy (non-hydrogen) atoms. The van der Waals surface area contributed by atoms with Gasteiger partial charge in [-0.15, -0.1) is 0 Å². The number of carbonyl (C=O) groups is 2. The minimum Gasteiger partial charge on any atom is -0.481 e. The molecule has 1 rings (SSSR count). The predicted octanol–water partition coefficient (Wildman–Crippen LogP) is 8.93. The minimum atomic E-state index is -0.657. The predicted molar refractivity (Wildman–Crippen MR) is 175 cm³/mol. The molecule has 1 aliphatic carbocycles. The second-order valence-corrected chi connectivity index (χ2v) is 12.0. The number of hydrogen-bond donors (Lipinski definition) is 4. The SMILES string of the molecule is CCCCCCCCCCCCCC(=O)O.CCCCCCCCCCCCCC(=O)O.NC1CCCCC1N.O.[Pt]. The Morgan fingerprint density at radius 1 is 0.500 bits per heavy atom. The molecule has 0 bridgehead atoms. The molecule has 1 saturated carbocycles. The Morgan fingerprint density at radius 2 is 0.714 bits per heavy atom. The topological polar surface area (TPSA) is 158 Å². The van der Waals surface area contributed by atoms with E-state index in [9.17, 15) is 9.59 Å². The fourth-order valence-electron chi connectivity index (χ4n) is 5.07. The van der Waals surface area contributed by atoms with Gasteiger partial charge in [-0.3, -0.25) is 9.59 Å². The van der Waals surface area contributed by atoms with Crippen LogP contribution in [0.2, 0.25) is 0 Å². The van der Waals surface area contributed by atoms with Gasteiger partial charge in [0.25, 0.3) is 0 Å². The molecule has 0 aromatic carbocycles. The molecule has 0 aliphatic heterocycles. The van der Waals surface area contributed by atoms with E-state index in [4.69, 9.17) is 21.7 Å². The fraction of sp³-hybridized carbons (Fsp3) is 0.941. The number of unbranched alkanes of at least 4 members (excludes halogenated alkanes) is 20. The van der Waals surface area contributed by atoms with Crippen LogP contribution in [0.3, 0.4) is 0 Å². The zero-order chi connectivity index (χ0) is 30.1. The van der Waals surface area contributed by atoms with Crippen molar-refractivity contribution in [2.24, 2.45) is 11.5 Å². The van der Waals surface area contributed by atoms with Crippen LogP contribution < -0.4 is 11.5 Å². The molecule has 0 aromatic rings. The maximum Gasteiger partial charge on any atom is 0.303 e. The number of aliphatic carboxylic acids is 2. The molecule has 1 fully saturated rings. The first-order valence-electron chi connectivity index (χ1n) is 17.3. The van der Waals surface area contributed by atoms with E-state index >= 15 is 0 Å². The fourth-order valence-corrected chi connectivity index (χ4v) is 5.07. The largest absolute Gasteiger partial charge is 0.481 e. The van der Waals surface area contributed by atoms with Crippen molar-refractivity contribution in [2.45, 2.75) is 206 Å². The molecule has 0 amide bonds. The zero-order valence-electron chi connectivity index (χ0n) is 27.6. The van der Waals surface area contributed by atoms with Crippen LogP contribution in [-0.4, -0.2) is 39.7 Å². The van der Waals surface area contributed by atoms with Gasteiger partial charge in [0.15, 0.2) is 0 Å². The number of hydrogen-bond acceptors (Lipinski definition) is 4. The van der Waals surface area contributed by atoms with Crippen molar-refractivity contribution in [3.05, 3.63) is 0 Å². The van der Waals surface area contributed by atoms with Gasteiger partial charge in [-0.2, -0.15) is 0 Å². The Balaban J connectivity index is -0.000000264. The second-order valence-electron chi connectivity index (χ2n) is 12.0. The molecule has 2 atom stereocenters. The van der Waals surface area contributed by atoms with Gasteiger partial charge in [0, 0.05) is 46.0 Å². The summed E-state index contributed by atoms with van der Waals surface area (Å²) in [7, 11) is 0. The molecule has 0 heterocycles. The minimum absolute atomic E-state index is 0. The number of carboxylic acid groups (broad SMARTS) is 2. The molecule has 8 N–H and O–H groups in total. The summed E-state index contributed by atoms with van der Waals surface area (Å²) in [6.45, 7) is 4.49. The van der Waals surface area contributed by atoms with Crippen LogP contribution in [0.1, 0.15) is 194 Å². The quantitative estimate of drug-likeness (QED) is 0.0716. The van der Waals surface area contributed by atoms with Crippen LogP contribution in [0, 0.1) is 0 Å². The van der Waals surface area contributed by atoms with E-state index in [0.29, 0.717) is 12.8 Å². The van der Waals surface area contributed by atoms with E-state index in [1.54, 1.807) is 0 Å². The summed E-state index contributed by atoms with van der Waals surface area (Å²) in [6, 6.07) is 0.562. The van der Waals surface area contributed by atoms with Crippen molar-refractivity contribution in [2.75, 3.05) is 0 Å². The normalized spacial score (nSPS) is 15.6. The molecule has 1 aliphatic rings. The third kappa shape index (κ3) is 44.0. The Bertz CT molecular complexity index is 494. The average Bonchev–Trinajstić information content (AvgIpc) is 2.92. The molecule has 0 radical (unpaired) electrons. The second kappa shape index (κ2) is 40.5. The Hall–Kier alpha value is -0.492. The summed E-state index contributed by atoms with van der Waals surface area (Å²) in [5, 5.41) is 16.9. The molecule has 2 unspecified atom stereocenters. The van der Waals surface area contributed by atoms with Gasteiger partial charge in [-0.1, -0.05) is 155 Å².